The van der Waals surface area contributed by atoms with E-state index in [2.05, 4.69) is 20.7 Å². The Kier molecular flexibility index (Phi) is 4.36. The summed E-state index contributed by atoms with van der Waals surface area (Å²) in [6, 6.07) is 6.61. The number of sulfonamides is 1. The minimum Gasteiger partial charge on any atom is -0.207 e. The first-order valence-corrected chi connectivity index (χ1v) is 8.64. The molecule has 3 nitrogen and oxygen atoms in total. The quantitative estimate of drug-likeness (QED) is 0.845. The van der Waals surface area contributed by atoms with Crippen molar-refractivity contribution in [3.8, 4) is 0 Å². The average Bonchev–Trinajstić information content (AvgIpc) is 2.78. The van der Waals surface area contributed by atoms with Crippen LogP contribution in [0.5, 0.6) is 0 Å². The van der Waals surface area contributed by atoms with E-state index >= 15 is 0 Å². The van der Waals surface area contributed by atoms with Crippen LogP contribution in [-0.4, -0.2) is 19.8 Å². The van der Waals surface area contributed by atoms with Crippen molar-refractivity contribution < 1.29 is 8.42 Å². The molecule has 0 bridgehead atoms. The number of nitrogens with one attached hydrogen (secondary N) is 1. The summed E-state index contributed by atoms with van der Waals surface area (Å²) in [4.78, 5) is 0.280. The highest BCUT2D eigenvalue weighted by Crippen LogP contribution is 2.32. The lowest BCUT2D eigenvalue weighted by Crippen LogP contribution is -2.47. The summed E-state index contributed by atoms with van der Waals surface area (Å²) in [6.07, 6.45) is 3.67. The molecule has 0 aliphatic heterocycles. The second kappa shape index (κ2) is 5.49. The molecule has 100 valence electrons. The number of halogens is 2. The smallest absolute Gasteiger partial charge is 0.207 e. The monoisotopic (exact) mass is 351 g/mol. The van der Waals surface area contributed by atoms with E-state index in [0.717, 1.165) is 30.2 Å². The van der Waals surface area contributed by atoms with Gasteiger partial charge in [0.15, 0.2) is 0 Å². The van der Waals surface area contributed by atoms with Gasteiger partial charge in [-0.2, -0.15) is 0 Å². The van der Waals surface area contributed by atoms with Crippen LogP contribution in [-0.2, 0) is 10.0 Å². The van der Waals surface area contributed by atoms with Crippen molar-refractivity contribution in [1.82, 2.24) is 4.72 Å². The summed E-state index contributed by atoms with van der Waals surface area (Å²) < 4.78 is 28.2. The first kappa shape index (κ1) is 14.3. The highest BCUT2D eigenvalue weighted by atomic mass is 79.9. The lowest BCUT2D eigenvalue weighted by molar-refractivity contribution is 0.433. The predicted octanol–water partition coefficient (Wildman–Crippen LogP) is 3.28. The van der Waals surface area contributed by atoms with E-state index in [-0.39, 0.29) is 4.90 Å². The third-order valence-electron chi connectivity index (χ3n) is 3.29. The summed E-state index contributed by atoms with van der Waals surface area (Å²) in [5, 5.41) is 0. The van der Waals surface area contributed by atoms with Crippen LogP contribution in [0.15, 0.2) is 33.6 Å². The minimum atomic E-state index is -3.49. The van der Waals surface area contributed by atoms with E-state index in [1.807, 2.05) is 0 Å². The van der Waals surface area contributed by atoms with E-state index in [4.69, 9.17) is 11.6 Å². The molecule has 6 heteroatoms. The molecular formula is C12H15BrClNO2S. The Morgan fingerprint density at radius 1 is 1.22 bits per heavy atom. The van der Waals surface area contributed by atoms with Gasteiger partial charge in [0.2, 0.25) is 10.0 Å². The zero-order valence-corrected chi connectivity index (χ0v) is 13.0. The molecule has 1 saturated carbocycles. The van der Waals surface area contributed by atoms with Crippen molar-refractivity contribution in [3.05, 3.63) is 28.7 Å². The largest absolute Gasteiger partial charge is 0.241 e. The van der Waals surface area contributed by atoms with Gasteiger partial charge in [0.25, 0.3) is 0 Å². The molecule has 0 atom stereocenters. The summed E-state index contributed by atoms with van der Waals surface area (Å²) in [7, 11) is -3.49. The number of alkyl halides is 1. The van der Waals surface area contributed by atoms with Crippen LogP contribution >= 0.6 is 27.5 Å². The Bertz CT molecular complexity index is 509. The van der Waals surface area contributed by atoms with Gasteiger partial charge in [-0.3, -0.25) is 0 Å². The molecule has 1 aliphatic rings. The molecule has 1 fully saturated rings. The van der Waals surface area contributed by atoms with Gasteiger partial charge in [0.05, 0.1) is 4.90 Å². The summed E-state index contributed by atoms with van der Waals surface area (Å²) in [5.74, 6) is 0.322. The summed E-state index contributed by atoms with van der Waals surface area (Å²) >= 11 is 9.24. The second-order valence-corrected chi connectivity index (χ2v) is 7.55. The van der Waals surface area contributed by atoms with Crippen LogP contribution in [0.4, 0.5) is 0 Å². The van der Waals surface area contributed by atoms with Gasteiger partial charge in [-0.05, 0) is 37.1 Å². The van der Waals surface area contributed by atoms with Gasteiger partial charge in [0.1, 0.15) is 0 Å². The van der Waals surface area contributed by atoms with Crippen molar-refractivity contribution >= 4 is 37.6 Å². The zero-order chi connectivity index (χ0) is 13.2. The second-order valence-electron chi connectivity index (χ2n) is 4.68. The van der Waals surface area contributed by atoms with Crippen LogP contribution < -0.4 is 4.72 Å². The van der Waals surface area contributed by atoms with Crippen molar-refractivity contribution in [2.75, 3.05) is 5.88 Å². The van der Waals surface area contributed by atoms with Crippen LogP contribution in [0.25, 0.3) is 0 Å². The maximum Gasteiger partial charge on any atom is 0.241 e. The van der Waals surface area contributed by atoms with E-state index in [1.165, 1.54) is 0 Å². The SMILES string of the molecule is O=S(=O)(NC1(CCl)CCCC1)c1ccc(Br)cc1. The van der Waals surface area contributed by atoms with Crippen LogP contribution in [0.1, 0.15) is 25.7 Å². The van der Waals surface area contributed by atoms with Gasteiger partial charge in [-0.25, -0.2) is 13.1 Å². The third-order valence-corrected chi connectivity index (χ3v) is 5.93. The molecule has 0 unspecified atom stereocenters. The van der Waals surface area contributed by atoms with Crippen molar-refractivity contribution in [1.29, 1.82) is 0 Å². The molecule has 1 aromatic rings. The van der Waals surface area contributed by atoms with Crippen LogP contribution in [0.3, 0.4) is 0 Å². The molecule has 0 spiro atoms. The molecule has 1 N–H and O–H groups in total. The molecule has 18 heavy (non-hydrogen) atoms. The Labute approximate surface area is 121 Å². The molecule has 0 amide bonds. The molecule has 0 heterocycles. The summed E-state index contributed by atoms with van der Waals surface area (Å²) in [5.41, 5.74) is -0.465. The normalized spacial score (nSPS) is 19.0. The Morgan fingerprint density at radius 3 is 2.28 bits per heavy atom. The zero-order valence-electron chi connectivity index (χ0n) is 9.83. The molecular weight excluding hydrogens is 338 g/mol. The number of hydrogen-bond acceptors (Lipinski definition) is 2. The molecule has 2 rings (SSSR count). The number of hydrogen-bond donors (Lipinski definition) is 1. The lowest BCUT2D eigenvalue weighted by atomic mass is 10.0. The van der Waals surface area contributed by atoms with E-state index < -0.39 is 15.6 Å². The van der Waals surface area contributed by atoms with Gasteiger partial charge < -0.3 is 0 Å². The Morgan fingerprint density at radius 2 is 1.78 bits per heavy atom. The predicted molar refractivity (Wildman–Crippen MR) is 76.4 cm³/mol. The fraction of sp³-hybridized carbons (Fsp3) is 0.500. The Balaban J connectivity index is 2.24. The molecule has 0 saturated heterocycles. The van der Waals surface area contributed by atoms with Crippen molar-refractivity contribution in [2.45, 2.75) is 36.1 Å². The van der Waals surface area contributed by atoms with E-state index in [0.29, 0.717) is 5.88 Å². The standard InChI is InChI=1S/C12H15BrClNO2S/c13-10-3-5-11(6-4-10)18(16,17)15-12(9-14)7-1-2-8-12/h3-6,15H,1-2,7-9H2. The maximum absolute atomic E-state index is 12.3. The maximum atomic E-state index is 12.3. The van der Waals surface area contributed by atoms with Crippen LogP contribution in [0.2, 0.25) is 0 Å². The fourth-order valence-electron chi connectivity index (χ4n) is 2.27. The van der Waals surface area contributed by atoms with E-state index in [9.17, 15) is 8.42 Å². The molecule has 0 aromatic heterocycles. The topological polar surface area (TPSA) is 46.2 Å². The van der Waals surface area contributed by atoms with Gasteiger partial charge in [-0.1, -0.05) is 28.8 Å². The fourth-order valence-corrected chi connectivity index (χ4v) is 4.41. The van der Waals surface area contributed by atoms with Gasteiger partial charge in [-0.15, -0.1) is 11.6 Å². The summed E-state index contributed by atoms with van der Waals surface area (Å²) in [6.45, 7) is 0. The first-order valence-electron chi connectivity index (χ1n) is 5.83. The van der Waals surface area contributed by atoms with E-state index in [1.54, 1.807) is 24.3 Å². The average molecular weight is 353 g/mol. The minimum absolute atomic E-state index is 0.280. The molecule has 1 aliphatic carbocycles. The van der Waals surface area contributed by atoms with Crippen molar-refractivity contribution in [2.24, 2.45) is 0 Å². The molecule has 0 radical (unpaired) electrons. The Hall–Kier alpha value is -0.100. The lowest BCUT2D eigenvalue weighted by Gasteiger charge is -2.27. The van der Waals surface area contributed by atoms with Gasteiger partial charge >= 0.3 is 0 Å². The van der Waals surface area contributed by atoms with Crippen molar-refractivity contribution in [3.63, 3.8) is 0 Å². The first-order chi connectivity index (χ1) is 8.47. The molecule has 1 aromatic carbocycles. The van der Waals surface area contributed by atoms with Gasteiger partial charge in [0, 0.05) is 15.9 Å². The highest BCUT2D eigenvalue weighted by Gasteiger charge is 2.37. The van der Waals surface area contributed by atoms with Crippen LogP contribution in [0, 0.1) is 0 Å². The number of rotatable bonds is 4. The highest BCUT2D eigenvalue weighted by molar-refractivity contribution is 9.10. The number of benzene rings is 1. The third kappa shape index (κ3) is 3.07.